The van der Waals surface area contributed by atoms with Crippen molar-refractivity contribution in [2.75, 3.05) is 0 Å². The molecule has 0 amide bonds. The van der Waals surface area contributed by atoms with Crippen LogP contribution >= 0.6 is 22.9 Å². The van der Waals surface area contributed by atoms with Crippen LogP contribution in [0.4, 0.5) is 0 Å². The Morgan fingerprint density at radius 3 is 2.80 bits per heavy atom. The number of fused-ring (bicyclic) bond motifs is 1. The largest absolute Gasteiger partial charge is 0.264 e. The van der Waals surface area contributed by atoms with E-state index in [4.69, 9.17) is 16.7 Å². The minimum atomic E-state index is 0.673. The van der Waals surface area contributed by atoms with Gasteiger partial charge in [0, 0.05) is 12.6 Å². The van der Waals surface area contributed by atoms with Crippen molar-refractivity contribution in [3.05, 3.63) is 40.5 Å². The predicted octanol–water partition coefficient (Wildman–Crippen LogP) is 4.17. The molecule has 0 saturated heterocycles. The first-order valence-electron chi connectivity index (χ1n) is 8.09. The Balaban J connectivity index is 1.84. The van der Waals surface area contributed by atoms with Gasteiger partial charge >= 0.3 is 0 Å². The van der Waals surface area contributed by atoms with E-state index in [-0.39, 0.29) is 0 Å². The lowest BCUT2D eigenvalue weighted by Crippen LogP contribution is -1.96. The van der Waals surface area contributed by atoms with Crippen molar-refractivity contribution >= 4 is 27.9 Å². The molecule has 3 aromatic heterocycles. The SMILES string of the molecule is CCCc1nn(C)c(-c2nn3c(-c4cccc(C)c4)nnc3s2)c1Cl. The topological polar surface area (TPSA) is 60.9 Å². The summed E-state index contributed by atoms with van der Waals surface area (Å²) in [6, 6.07) is 8.15. The molecule has 0 unspecified atom stereocenters. The standard InChI is InChI=1S/C17H17ClN6S/c1-4-6-12-13(18)14(23(3)21-12)16-22-24-15(19-20-17(24)25-16)11-8-5-7-10(2)9-11/h5,7-9H,4,6H2,1-3H3. The Hall–Kier alpha value is -2.25. The maximum Gasteiger partial charge on any atom is 0.235 e. The van der Waals surface area contributed by atoms with Crippen molar-refractivity contribution in [1.29, 1.82) is 0 Å². The van der Waals surface area contributed by atoms with Gasteiger partial charge in [0.1, 0.15) is 5.69 Å². The van der Waals surface area contributed by atoms with Crippen LogP contribution in [0.3, 0.4) is 0 Å². The van der Waals surface area contributed by atoms with Crippen LogP contribution in [0.2, 0.25) is 5.02 Å². The molecule has 25 heavy (non-hydrogen) atoms. The number of hydrogen-bond acceptors (Lipinski definition) is 5. The van der Waals surface area contributed by atoms with E-state index in [1.165, 1.54) is 16.9 Å². The first-order valence-corrected chi connectivity index (χ1v) is 9.29. The molecular weight excluding hydrogens is 356 g/mol. The van der Waals surface area contributed by atoms with Gasteiger partial charge in [-0.15, -0.1) is 10.2 Å². The Kier molecular flexibility index (Phi) is 4.05. The van der Waals surface area contributed by atoms with Gasteiger partial charge in [-0.1, -0.05) is 60.0 Å². The lowest BCUT2D eigenvalue weighted by molar-refractivity contribution is 0.737. The first kappa shape index (κ1) is 16.2. The highest BCUT2D eigenvalue weighted by atomic mass is 35.5. The van der Waals surface area contributed by atoms with Gasteiger partial charge in [0.05, 0.1) is 10.7 Å². The molecule has 0 fully saturated rings. The van der Waals surface area contributed by atoms with Gasteiger partial charge in [-0.25, -0.2) is 0 Å². The molecule has 0 saturated carbocycles. The highest BCUT2D eigenvalue weighted by molar-refractivity contribution is 7.19. The highest BCUT2D eigenvalue weighted by Gasteiger charge is 2.21. The van der Waals surface area contributed by atoms with Crippen LogP contribution in [0.5, 0.6) is 0 Å². The molecule has 0 aliphatic heterocycles. The lowest BCUT2D eigenvalue weighted by atomic mass is 10.1. The van der Waals surface area contributed by atoms with E-state index >= 15 is 0 Å². The minimum Gasteiger partial charge on any atom is -0.264 e. The average molecular weight is 373 g/mol. The van der Waals surface area contributed by atoms with Gasteiger partial charge in [0.25, 0.3) is 0 Å². The third kappa shape index (κ3) is 2.73. The number of nitrogens with zero attached hydrogens (tertiary/aromatic N) is 6. The molecule has 128 valence electrons. The normalized spacial score (nSPS) is 11.5. The van der Waals surface area contributed by atoms with Crippen molar-refractivity contribution in [3.63, 3.8) is 0 Å². The summed E-state index contributed by atoms with van der Waals surface area (Å²) < 4.78 is 3.57. The van der Waals surface area contributed by atoms with Crippen molar-refractivity contribution in [2.24, 2.45) is 7.05 Å². The Morgan fingerprint density at radius 1 is 1.20 bits per heavy atom. The number of benzene rings is 1. The zero-order valence-corrected chi connectivity index (χ0v) is 15.8. The minimum absolute atomic E-state index is 0.673. The Labute approximate surface area is 154 Å². The monoisotopic (exact) mass is 372 g/mol. The molecular formula is C17H17ClN6S. The third-order valence-electron chi connectivity index (χ3n) is 4.01. The molecule has 3 heterocycles. The van der Waals surface area contributed by atoms with Crippen LogP contribution < -0.4 is 0 Å². The fraction of sp³-hybridized carbons (Fsp3) is 0.294. The van der Waals surface area contributed by atoms with Gasteiger partial charge < -0.3 is 0 Å². The van der Waals surface area contributed by atoms with Crippen molar-refractivity contribution < 1.29 is 0 Å². The fourth-order valence-corrected chi connectivity index (χ4v) is 4.18. The summed E-state index contributed by atoms with van der Waals surface area (Å²) in [5.74, 6) is 0.730. The van der Waals surface area contributed by atoms with E-state index < -0.39 is 0 Å². The van der Waals surface area contributed by atoms with E-state index in [0.29, 0.717) is 5.02 Å². The van der Waals surface area contributed by atoms with Gasteiger partial charge in [-0.3, -0.25) is 4.68 Å². The smallest absolute Gasteiger partial charge is 0.235 e. The summed E-state index contributed by atoms with van der Waals surface area (Å²) in [5, 5.41) is 19.3. The predicted molar refractivity (Wildman–Crippen MR) is 100 cm³/mol. The Bertz CT molecular complexity index is 1060. The van der Waals surface area contributed by atoms with Crippen LogP contribution in [0.1, 0.15) is 24.6 Å². The molecule has 1 aromatic carbocycles. The van der Waals surface area contributed by atoms with Crippen molar-refractivity contribution in [3.8, 4) is 22.1 Å². The molecule has 0 aliphatic carbocycles. The molecule has 0 spiro atoms. The number of hydrogen-bond donors (Lipinski definition) is 0. The summed E-state index contributed by atoms with van der Waals surface area (Å²) in [5.41, 5.74) is 3.90. The highest BCUT2D eigenvalue weighted by Crippen LogP contribution is 2.34. The summed E-state index contributed by atoms with van der Waals surface area (Å²) in [7, 11) is 1.89. The summed E-state index contributed by atoms with van der Waals surface area (Å²) in [6.45, 7) is 4.17. The van der Waals surface area contributed by atoms with Gasteiger partial charge in [0.15, 0.2) is 10.8 Å². The number of aryl methyl sites for hydroxylation is 3. The van der Waals surface area contributed by atoms with E-state index in [1.807, 2.05) is 19.2 Å². The van der Waals surface area contributed by atoms with E-state index in [2.05, 4.69) is 41.3 Å². The maximum absolute atomic E-state index is 6.55. The Morgan fingerprint density at radius 2 is 2.04 bits per heavy atom. The fourth-order valence-electron chi connectivity index (χ4n) is 2.86. The molecule has 0 aliphatic rings. The quantitative estimate of drug-likeness (QED) is 0.539. The van der Waals surface area contributed by atoms with Crippen molar-refractivity contribution in [2.45, 2.75) is 26.7 Å². The molecule has 6 nitrogen and oxygen atoms in total. The van der Waals surface area contributed by atoms with E-state index in [0.717, 1.165) is 45.6 Å². The van der Waals surface area contributed by atoms with Crippen LogP contribution in [-0.2, 0) is 13.5 Å². The molecule has 0 atom stereocenters. The van der Waals surface area contributed by atoms with Gasteiger partial charge in [0.2, 0.25) is 4.96 Å². The number of rotatable bonds is 4. The number of aromatic nitrogens is 6. The molecule has 8 heteroatoms. The average Bonchev–Trinajstić information content (AvgIpc) is 3.21. The molecule has 0 radical (unpaired) electrons. The second-order valence-electron chi connectivity index (χ2n) is 5.98. The summed E-state index contributed by atoms with van der Waals surface area (Å²) in [6.07, 6.45) is 1.85. The third-order valence-corrected chi connectivity index (χ3v) is 5.31. The van der Waals surface area contributed by atoms with E-state index in [9.17, 15) is 0 Å². The summed E-state index contributed by atoms with van der Waals surface area (Å²) in [4.78, 5) is 0.737. The van der Waals surface area contributed by atoms with E-state index in [1.54, 1.807) is 9.20 Å². The van der Waals surface area contributed by atoms with Crippen molar-refractivity contribution in [1.82, 2.24) is 29.6 Å². The zero-order valence-electron chi connectivity index (χ0n) is 14.2. The van der Waals surface area contributed by atoms with Crippen LogP contribution in [-0.4, -0.2) is 29.6 Å². The van der Waals surface area contributed by atoms with Gasteiger partial charge in [-0.05, 0) is 19.4 Å². The van der Waals surface area contributed by atoms with Crippen LogP contribution in [0, 0.1) is 6.92 Å². The molecule has 0 N–H and O–H groups in total. The molecule has 4 rings (SSSR count). The van der Waals surface area contributed by atoms with Crippen LogP contribution in [0.15, 0.2) is 24.3 Å². The molecule has 0 bridgehead atoms. The zero-order chi connectivity index (χ0) is 17.6. The number of halogens is 1. The summed E-state index contributed by atoms with van der Waals surface area (Å²) >= 11 is 8.02. The van der Waals surface area contributed by atoms with Gasteiger partial charge in [-0.2, -0.15) is 14.7 Å². The second-order valence-corrected chi connectivity index (χ2v) is 7.31. The first-order chi connectivity index (χ1) is 12.1. The second kappa shape index (κ2) is 6.24. The van der Waals surface area contributed by atoms with Crippen LogP contribution in [0.25, 0.3) is 27.1 Å². The maximum atomic E-state index is 6.55. The molecule has 4 aromatic rings. The lowest BCUT2D eigenvalue weighted by Gasteiger charge is -1.99.